The Labute approximate surface area is 142 Å². The number of halogens is 1. The van der Waals surface area contributed by atoms with Gasteiger partial charge in [-0.1, -0.05) is 30.3 Å². The molecule has 0 unspecified atom stereocenters. The molecule has 128 valence electrons. The van der Waals surface area contributed by atoms with E-state index in [1.807, 2.05) is 43.3 Å². The van der Waals surface area contributed by atoms with Gasteiger partial charge in [-0.2, -0.15) is 0 Å². The molecular weight excluding hydrogens is 307 g/mol. The van der Waals surface area contributed by atoms with Crippen LogP contribution in [0.4, 0.5) is 4.39 Å². The zero-order valence-corrected chi connectivity index (χ0v) is 14.1. The van der Waals surface area contributed by atoms with Crippen molar-refractivity contribution in [1.82, 2.24) is 0 Å². The third-order valence-corrected chi connectivity index (χ3v) is 4.56. The van der Waals surface area contributed by atoms with Gasteiger partial charge in [0.25, 0.3) is 0 Å². The molecule has 1 aliphatic rings. The van der Waals surface area contributed by atoms with Crippen molar-refractivity contribution >= 4 is 0 Å². The molecule has 0 saturated carbocycles. The second kappa shape index (κ2) is 7.32. The van der Waals surface area contributed by atoms with Crippen LogP contribution in [0.5, 0.6) is 5.75 Å². The molecule has 2 aromatic rings. The molecule has 0 spiro atoms. The van der Waals surface area contributed by atoms with Crippen molar-refractivity contribution in [3.8, 4) is 5.75 Å². The Morgan fingerprint density at radius 1 is 1.21 bits per heavy atom. The molecule has 1 aliphatic heterocycles. The molecule has 0 bridgehead atoms. The third kappa shape index (κ3) is 3.77. The van der Waals surface area contributed by atoms with Gasteiger partial charge < -0.3 is 14.2 Å². The number of ether oxygens (including phenoxy) is 3. The number of methoxy groups -OCH3 is 1. The summed E-state index contributed by atoms with van der Waals surface area (Å²) in [5.74, 6) is 0.204. The molecule has 4 heteroatoms. The zero-order chi connectivity index (χ0) is 17.0. The molecule has 0 amide bonds. The molecule has 2 atom stereocenters. The minimum absolute atomic E-state index is 0.0793. The van der Waals surface area contributed by atoms with Crippen molar-refractivity contribution < 1.29 is 18.6 Å². The Morgan fingerprint density at radius 2 is 2.00 bits per heavy atom. The standard InChI is InChI=1S/C20H23FO3/c1-15-13-20(22-2,8-9-23-15)17-10-18(21)12-19(11-17)24-14-16-6-4-3-5-7-16/h3-7,10-12,15H,8-9,13-14H2,1-2H3/t15-,20-/m0/s1. The molecule has 0 N–H and O–H groups in total. The lowest BCUT2D eigenvalue weighted by atomic mass is 9.83. The molecule has 3 rings (SSSR count). The molecule has 1 fully saturated rings. The summed E-state index contributed by atoms with van der Waals surface area (Å²) >= 11 is 0. The normalized spacial score (nSPS) is 23.9. The van der Waals surface area contributed by atoms with Crippen LogP contribution in [0.25, 0.3) is 0 Å². The molecular formula is C20H23FO3. The van der Waals surface area contributed by atoms with Gasteiger partial charge in [-0.15, -0.1) is 0 Å². The van der Waals surface area contributed by atoms with Gasteiger partial charge in [-0.3, -0.25) is 0 Å². The number of hydrogen-bond donors (Lipinski definition) is 0. The maximum atomic E-state index is 14.1. The second-order valence-electron chi connectivity index (χ2n) is 6.28. The SMILES string of the molecule is CO[C@@]1(c2cc(F)cc(OCc3ccccc3)c2)CCO[C@@H](C)C1. The van der Waals surface area contributed by atoms with Crippen molar-refractivity contribution in [2.75, 3.05) is 13.7 Å². The first-order valence-corrected chi connectivity index (χ1v) is 8.26. The van der Waals surface area contributed by atoms with Crippen molar-refractivity contribution in [2.24, 2.45) is 0 Å². The summed E-state index contributed by atoms with van der Waals surface area (Å²) in [5, 5.41) is 0. The smallest absolute Gasteiger partial charge is 0.127 e. The second-order valence-corrected chi connectivity index (χ2v) is 6.28. The fourth-order valence-corrected chi connectivity index (χ4v) is 3.27. The van der Waals surface area contributed by atoms with Gasteiger partial charge >= 0.3 is 0 Å². The van der Waals surface area contributed by atoms with E-state index < -0.39 is 5.60 Å². The van der Waals surface area contributed by atoms with E-state index in [2.05, 4.69) is 0 Å². The highest BCUT2D eigenvalue weighted by Crippen LogP contribution is 2.39. The molecule has 1 saturated heterocycles. The van der Waals surface area contributed by atoms with Gasteiger partial charge in [0.1, 0.15) is 18.2 Å². The summed E-state index contributed by atoms with van der Waals surface area (Å²) in [6.45, 7) is 3.02. The van der Waals surface area contributed by atoms with E-state index >= 15 is 0 Å². The van der Waals surface area contributed by atoms with E-state index in [-0.39, 0.29) is 11.9 Å². The first kappa shape index (κ1) is 16.9. The monoisotopic (exact) mass is 330 g/mol. The van der Waals surface area contributed by atoms with Gasteiger partial charge in [-0.25, -0.2) is 4.39 Å². The largest absolute Gasteiger partial charge is 0.489 e. The van der Waals surface area contributed by atoms with Crippen LogP contribution in [0.15, 0.2) is 48.5 Å². The molecule has 0 aliphatic carbocycles. The minimum Gasteiger partial charge on any atom is -0.489 e. The van der Waals surface area contributed by atoms with Crippen LogP contribution in [-0.4, -0.2) is 19.8 Å². The van der Waals surface area contributed by atoms with Crippen LogP contribution in [0.2, 0.25) is 0 Å². The van der Waals surface area contributed by atoms with Gasteiger partial charge in [0.05, 0.1) is 18.3 Å². The Bertz CT molecular complexity index is 674. The quantitative estimate of drug-likeness (QED) is 0.811. The van der Waals surface area contributed by atoms with E-state index in [4.69, 9.17) is 14.2 Å². The van der Waals surface area contributed by atoms with E-state index in [1.165, 1.54) is 12.1 Å². The average Bonchev–Trinajstić information content (AvgIpc) is 2.60. The third-order valence-electron chi connectivity index (χ3n) is 4.56. The highest BCUT2D eigenvalue weighted by atomic mass is 19.1. The van der Waals surface area contributed by atoms with E-state index in [9.17, 15) is 4.39 Å². The van der Waals surface area contributed by atoms with E-state index in [0.717, 1.165) is 11.1 Å². The summed E-state index contributed by atoms with van der Waals surface area (Å²) in [6.07, 6.45) is 1.48. The molecule has 3 nitrogen and oxygen atoms in total. The lowest BCUT2D eigenvalue weighted by Crippen LogP contribution is -2.39. The van der Waals surface area contributed by atoms with E-state index in [0.29, 0.717) is 31.8 Å². The maximum Gasteiger partial charge on any atom is 0.127 e. The Morgan fingerprint density at radius 3 is 2.71 bits per heavy atom. The first-order valence-electron chi connectivity index (χ1n) is 8.26. The Balaban J connectivity index is 1.82. The number of rotatable bonds is 5. The Hall–Kier alpha value is -1.91. The summed E-state index contributed by atoms with van der Waals surface area (Å²) < 4.78 is 31.4. The van der Waals surface area contributed by atoms with Crippen LogP contribution in [0.3, 0.4) is 0 Å². The zero-order valence-electron chi connectivity index (χ0n) is 14.1. The summed E-state index contributed by atoms with van der Waals surface area (Å²) in [4.78, 5) is 0. The number of benzene rings is 2. The topological polar surface area (TPSA) is 27.7 Å². The number of hydrogen-bond acceptors (Lipinski definition) is 3. The van der Waals surface area contributed by atoms with Crippen LogP contribution < -0.4 is 4.74 Å². The van der Waals surface area contributed by atoms with Crippen molar-refractivity contribution in [1.29, 1.82) is 0 Å². The van der Waals surface area contributed by atoms with Crippen LogP contribution in [-0.2, 0) is 21.7 Å². The summed E-state index contributed by atoms with van der Waals surface area (Å²) in [6, 6.07) is 14.7. The predicted octanol–water partition coefficient (Wildman–Crippen LogP) is 4.45. The Kier molecular flexibility index (Phi) is 5.17. The van der Waals surface area contributed by atoms with Crippen molar-refractivity contribution in [3.63, 3.8) is 0 Å². The molecule has 24 heavy (non-hydrogen) atoms. The minimum atomic E-state index is -0.523. The summed E-state index contributed by atoms with van der Waals surface area (Å²) in [7, 11) is 1.67. The van der Waals surface area contributed by atoms with Crippen LogP contribution in [0.1, 0.15) is 30.9 Å². The maximum absolute atomic E-state index is 14.1. The molecule has 2 aromatic carbocycles. The van der Waals surface area contributed by atoms with E-state index in [1.54, 1.807) is 7.11 Å². The molecule has 1 heterocycles. The van der Waals surface area contributed by atoms with Gasteiger partial charge in [0, 0.05) is 26.0 Å². The summed E-state index contributed by atoms with van der Waals surface area (Å²) in [5.41, 5.74) is 1.33. The van der Waals surface area contributed by atoms with Crippen LogP contribution >= 0.6 is 0 Å². The lowest BCUT2D eigenvalue weighted by Gasteiger charge is -2.39. The predicted molar refractivity (Wildman–Crippen MR) is 90.5 cm³/mol. The van der Waals surface area contributed by atoms with Crippen molar-refractivity contribution in [2.45, 2.75) is 38.1 Å². The first-order chi connectivity index (χ1) is 11.6. The van der Waals surface area contributed by atoms with Gasteiger partial charge in [0.2, 0.25) is 0 Å². The van der Waals surface area contributed by atoms with Crippen molar-refractivity contribution in [3.05, 3.63) is 65.5 Å². The molecule has 0 radical (unpaired) electrons. The average molecular weight is 330 g/mol. The van der Waals surface area contributed by atoms with Crippen LogP contribution in [0, 0.1) is 5.82 Å². The fraction of sp³-hybridized carbons (Fsp3) is 0.400. The lowest BCUT2D eigenvalue weighted by molar-refractivity contribution is -0.122. The van der Waals surface area contributed by atoms with Gasteiger partial charge in [-0.05, 0) is 30.2 Å². The fourth-order valence-electron chi connectivity index (χ4n) is 3.27. The molecule has 0 aromatic heterocycles. The van der Waals surface area contributed by atoms with Gasteiger partial charge in [0.15, 0.2) is 0 Å². The highest BCUT2D eigenvalue weighted by molar-refractivity contribution is 5.34. The highest BCUT2D eigenvalue weighted by Gasteiger charge is 2.38.